The molecule has 6 nitrogen and oxygen atoms in total. The third kappa shape index (κ3) is 7.95. The van der Waals surface area contributed by atoms with E-state index in [-0.39, 0.29) is 35.8 Å². The van der Waals surface area contributed by atoms with E-state index in [2.05, 4.69) is 29.4 Å². The molecule has 1 heterocycles. The van der Waals surface area contributed by atoms with Crippen molar-refractivity contribution in [2.45, 2.75) is 53.2 Å². The third-order valence-electron chi connectivity index (χ3n) is 4.64. The average molecular weight is 502 g/mol. The van der Waals surface area contributed by atoms with Crippen molar-refractivity contribution in [3.63, 3.8) is 0 Å². The normalized spacial score (nSPS) is 15.3. The van der Waals surface area contributed by atoms with Crippen LogP contribution in [0, 0.1) is 5.92 Å². The van der Waals surface area contributed by atoms with Crippen molar-refractivity contribution in [2.75, 3.05) is 31.6 Å². The first-order chi connectivity index (χ1) is 13.0. The molecular formula is C21H35IN4O2. The Hall–Kier alpha value is -1.35. The zero-order valence-corrected chi connectivity index (χ0v) is 19.9. The van der Waals surface area contributed by atoms with Gasteiger partial charge in [-0.2, -0.15) is 0 Å². The van der Waals surface area contributed by atoms with Gasteiger partial charge in [-0.1, -0.05) is 26.0 Å². The van der Waals surface area contributed by atoms with Crippen LogP contribution in [0.15, 0.2) is 29.3 Å². The van der Waals surface area contributed by atoms with Gasteiger partial charge in [0, 0.05) is 37.8 Å². The fourth-order valence-electron chi connectivity index (χ4n) is 3.04. The smallest absolute Gasteiger partial charge is 0.226 e. The Morgan fingerprint density at radius 1 is 1.21 bits per heavy atom. The number of ether oxygens (including phenoxy) is 1. The lowest BCUT2D eigenvalue weighted by Gasteiger charge is -2.34. The molecule has 1 fully saturated rings. The molecule has 2 rings (SSSR count). The Morgan fingerprint density at radius 2 is 1.86 bits per heavy atom. The largest absolute Gasteiger partial charge is 0.378 e. The van der Waals surface area contributed by atoms with Crippen LogP contribution in [0.1, 0.15) is 46.1 Å². The van der Waals surface area contributed by atoms with E-state index in [1.807, 2.05) is 38.1 Å². The highest BCUT2D eigenvalue weighted by molar-refractivity contribution is 14.0. The minimum Gasteiger partial charge on any atom is -0.378 e. The minimum atomic E-state index is -0.0242. The molecule has 158 valence electrons. The number of hydrogen-bond acceptors (Lipinski definition) is 3. The molecule has 0 aliphatic carbocycles. The standard InChI is InChI=1S/C21H34N4O2.HI/c1-5-22-21(25-13-11-19(12-14-25)27-6-2)23-15-17-7-9-18(10-8-17)24-20(26)16(3)4;/h7-10,16,19H,5-6,11-15H2,1-4H3,(H,22,23)(H,24,26);1H. The number of nitrogens with zero attached hydrogens (tertiary/aromatic N) is 2. The maximum Gasteiger partial charge on any atom is 0.226 e. The number of amides is 1. The number of likely N-dealkylation sites (tertiary alicyclic amines) is 1. The van der Waals surface area contributed by atoms with Gasteiger partial charge in [0.25, 0.3) is 0 Å². The van der Waals surface area contributed by atoms with Gasteiger partial charge in [0.15, 0.2) is 5.96 Å². The van der Waals surface area contributed by atoms with E-state index in [1.165, 1.54) is 0 Å². The molecule has 0 aromatic heterocycles. The Bertz CT molecular complexity index is 611. The number of rotatable bonds is 7. The van der Waals surface area contributed by atoms with Crippen LogP contribution in [-0.2, 0) is 16.1 Å². The number of aliphatic imine (C=N–C) groups is 1. The van der Waals surface area contributed by atoms with E-state index < -0.39 is 0 Å². The average Bonchev–Trinajstić information content (AvgIpc) is 2.67. The third-order valence-corrected chi connectivity index (χ3v) is 4.64. The first-order valence-corrected chi connectivity index (χ1v) is 10.1. The highest BCUT2D eigenvalue weighted by Gasteiger charge is 2.21. The first kappa shape index (κ1) is 24.7. The second-order valence-corrected chi connectivity index (χ2v) is 7.15. The molecule has 0 spiro atoms. The Labute approximate surface area is 186 Å². The molecule has 7 heteroatoms. The molecule has 1 aliphatic rings. The number of carbonyl (C=O) groups excluding carboxylic acids is 1. The van der Waals surface area contributed by atoms with Crippen LogP contribution >= 0.6 is 24.0 Å². The van der Waals surface area contributed by atoms with Crippen molar-refractivity contribution in [3.8, 4) is 0 Å². The molecule has 28 heavy (non-hydrogen) atoms. The lowest BCUT2D eigenvalue weighted by Crippen LogP contribution is -2.47. The number of guanidine groups is 1. The van der Waals surface area contributed by atoms with Crippen LogP contribution in [-0.4, -0.2) is 49.1 Å². The van der Waals surface area contributed by atoms with E-state index in [0.29, 0.717) is 12.6 Å². The van der Waals surface area contributed by atoms with E-state index in [0.717, 1.165) is 56.3 Å². The monoisotopic (exact) mass is 502 g/mol. The molecule has 0 saturated carbocycles. The summed E-state index contributed by atoms with van der Waals surface area (Å²) >= 11 is 0. The van der Waals surface area contributed by atoms with E-state index in [9.17, 15) is 4.79 Å². The van der Waals surface area contributed by atoms with E-state index >= 15 is 0 Å². The summed E-state index contributed by atoms with van der Waals surface area (Å²) in [6.45, 7) is 12.1. The fraction of sp³-hybridized carbons (Fsp3) is 0.619. The summed E-state index contributed by atoms with van der Waals surface area (Å²) in [6.07, 6.45) is 2.47. The number of nitrogens with one attached hydrogen (secondary N) is 2. The van der Waals surface area contributed by atoms with Gasteiger partial charge in [-0.3, -0.25) is 4.79 Å². The molecule has 1 amide bonds. The SMILES string of the molecule is CCNC(=NCc1ccc(NC(=O)C(C)C)cc1)N1CCC(OCC)CC1.I. The van der Waals surface area contributed by atoms with Gasteiger partial charge in [-0.05, 0) is 44.4 Å². The van der Waals surface area contributed by atoms with Crippen LogP contribution in [0.5, 0.6) is 0 Å². The van der Waals surface area contributed by atoms with Crippen LogP contribution in [0.3, 0.4) is 0 Å². The first-order valence-electron chi connectivity index (χ1n) is 10.1. The molecular weight excluding hydrogens is 467 g/mol. The van der Waals surface area contributed by atoms with E-state index in [1.54, 1.807) is 0 Å². The van der Waals surface area contributed by atoms with Crippen LogP contribution < -0.4 is 10.6 Å². The number of anilines is 1. The number of carbonyl (C=O) groups is 1. The Kier molecular flexibility index (Phi) is 11.4. The van der Waals surface area contributed by atoms with Crippen molar-refractivity contribution in [2.24, 2.45) is 10.9 Å². The lowest BCUT2D eigenvalue weighted by molar-refractivity contribution is -0.118. The van der Waals surface area contributed by atoms with Gasteiger partial charge >= 0.3 is 0 Å². The predicted octanol–water partition coefficient (Wildman–Crippen LogP) is 3.87. The summed E-state index contributed by atoms with van der Waals surface area (Å²) in [5.74, 6) is 0.971. The molecule has 1 saturated heterocycles. The van der Waals surface area contributed by atoms with Crippen molar-refractivity contribution in [1.29, 1.82) is 0 Å². The summed E-state index contributed by atoms with van der Waals surface area (Å²) in [5, 5.41) is 6.31. The quantitative estimate of drug-likeness (QED) is 0.338. The number of hydrogen-bond donors (Lipinski definition) is 2. The van der Waals surface area contributed by atoms with Gasteiger partial charge in [-0.25, -0.2) is 4.99 Å². The van der Waals surface area contributed by atoms with Crippen molar-refractivity contribution in [1.82, 2.24) is 10.2 Å². The van der Waals surface area contributed by atoms with Gasteiger partial charge in [0.1, 0.15) is 0 Å². The molecule has 1 aromatic carbocycles. The summed E-state index contributed by atoms with van der Waals surface area (Å²) in [5.41, 5.74) is 1.95. The molecule has 1 aliphatic heterocycles. The fourth-order valence-corrected chi connectivity index (χ4v) is 3.04. The maximum absolute atomic E-state index is 11.8. The number of benzene rings is 1. The number of piperidine rings is 1. The zero-order valence-electron chi connectivity index (χ0n) is 17.5. The Balaban J connectivity index is 0.00000392. The second-order valence-electron chi connectivity index (χ2n) is 7.15. The molecule has 0 unspecified atom stereocenters. The minimum absolute atomic E-state index is 0. The Morgan fingerprint density at radius 3 is 2.39 bits per heavy atom. The van der Waals surface area contributed by atoms with Gasteiger partial charge in [-0.15, -0.1) is 24.0 Å². The molecule has 0 bridgehead atoms. The van der Waals surface area contributed by atoms with Crippen LogP contribution in [0.25, 0.3) is 0 Å². The molecule has 0 radical (unpaired) electrons. The van der Waals surface area contributed by atoms with Crippen molar-refractivity contribution < 1.29 is 9.53 Å². The predicted molar refractivity (Wildman–Crippen MR) is 126 cm³/mol. The molecule has 1 aromatic rings. The summed E-state index contributed by atoms with van der Waals surface area (Å²) in [4.78, 5) is 18.9. The highest BCUT2D eigenvalue weighted by Crippen LogP contribution is 2.15. The summed E-state index contributed by atoms with van der Waals surface area (Å²) < 4.78 is 5.74. The van der Waals surface area contributed by atoms with Crippen LogP contribution in [0.4, 0.5) is 5.69 Å². The van der Waals surface area contributed by atoms with Crippen molar-refractivity contribution in [3.05, 3.63) is 29.8 Å². The van der Waals surface area contributed by atoms with Gasteiger partial charge in [0.2, 0.25) is 5.91 Å². The van der Waals surface area contributed by atoms with E-state index in [4.69, 9.17) is 9.73 Å². The molecule has 0 atom stereocenters. The van der Waals surface area contributed by atoms with Gasteiger partial charge in [0.05, 0.1) is 12.6 Å². The highest BCUT2D eigenvalue weighted by atomic mass is 127. The number of halogens is 1. The topological polar surface area (TPSA) is 66.0 Å². The van der Waals surface area contributed by atoms with Gasteiger partial charge < -0.3 is 20.3 Å². The second kappa shape index (κ2) is 13.0. The summed E-state index contributed by atoms with van der Waals surface area (Å²) in [7, 11) is 0. The van der Waals surface area contributed by atoms with Crippen molar-refractivity contribution >= 4 is 41.5 Å². The molecule has 2 N–H and O–H groups in total. The lowest BCUT2D eigenvalue weighted by atomic mass is 10.1. The zero-order chi connectivity index (χ0) is 19.6. The van der Waals surface area contributed by atoms with Crippen LogP contribution in [0.2, 0.25) is 0 Å². The summed E-state index contributed by atoms with van der Waals surface area (Å²) in [6, 6.07) is 7.91. The maximum atomic E-state index is 11.8.